The minimum Gasteiger partial charge on any atom is -0.425 e. The van der Waals surface area contributed by atoms with Gasteiger partial charge in [-0.25, -0.2) is 0 Å². The highest BCUT2D eigenvalue weighted by Crippen LogP contribution is 2.47. The van der Waals surface area contributed by atoms with Gasteiger partial charge in [0.05, 0.1) is 0 Å². The zero-order valence-electron chi connectivity index (χ0n) is 51.6. The highest BCUT2D eigenvalue weighted by Gasteiger charge is 2.61. The second kappa shape index (κ2) is 35.1. The highest BCUT2D eigenvalue weighted by atomic mass is 28.5. The molecule has 0 aromatic heterocycles. The van der Waals surface area contributed by atoms with Gasteiger partial charge in [-0.1, -0.05) is 166 Å². The zero-order valence-corrected chi connectivity index (χ0v) is 66.0. The van der Waals surface area contributed by atoms with Gasteiger partial charge in [0, 0.05) is 0 Å². The van der Waals surface area contributed by atoms with Gasteiger partial charge in [0.25, 0.3) is 60.0 Å². The van der Waals surface area contributed by atoms with E-state index in [0.29, 0.717) is 71.0 Å². The molecular formula is C48H120O12Si12. The maximum Gasteiger partial charge on any atom is 0.321 e. The predicted molar refractivity (Wildman–Crippen MR) is 335 cm³/mol. The third kappa shape index (κ3) is 30.1. The van der Waals surface area contributed by atoms with E-state index >= 15 is 0 Å². The number of hydrogen-bond acceptors (Lipinski definition) is 12. The van der Waals surface area contributed by atoms with Crippen molar-refractivity contribution in [3.05, 3.63) is 0 Å². The molecule has 0 radical (unpaired) electrons. The van der Waals surface area contributed by atoms with E-state index in [1.165, 1.54) is 0 Å². The molecule has 1 fully saturated rings. The summed E-state index contributed by atoms with van der Waals surface area (Å²) in [6.07, 6.45) is 0. The van der Waals surface area contributed by atoms with Crippen molar-refractivity contribution in [2.75, 3.05) is 0 Å². The molecule has 24 heteroatoms. The second-order valence-electron chi connectivity index (χ2n) is 27.2. The van der Waals surface area contributed by atoms with Crippen molar-refractivity contribution in [2.24, 2.45) is 71.0 Å². The fourth-order valence-corrected chi connectivity index (χ4v) is 64.7. The molecule has 1 rings (SSSR count). The highest BCUT2D eigenvalue weighted by molar-refractivity contribution is 6.93. The van der Waals surface area contributed by atoms with Gasteiger partial charge in [-0.3, -0.25) is 0 Å². The van der Waals surface area contributed by atoms with E-state index in [1.54, 1.807) is 0 Å². The van der Waals surface area contributed by atoms with Gasteiger partial charge in [0.15, 0.2) is 0 Å². The SMILES string of the molecule is CC(C)C[Si]1(CC(C)C)O[SiH2]O[SiH2]O[SiH2]O[SiH2]O[SiH2]O[SiH2]O[Si](CC(C)C)(CC(C)C)O[Si](CC(C)C)(CC(C)C)O[Si](CC(C)C)(CC(C)C)O[Si](CC(C)C)(CC(C)C)O[Si](CC(C)C)(CC(C)C)O1. The molecule has 1 aliphatic rings. The predicted octanol–water partition coefficient (Wildman–Crippen LogP) is 10.7. The van der Waals surface area contributed by atoms with Crippen LogP contribution in [0.3, 0.4) is 0 Å². The van der Waals surface area contributed by atoms with Crippen molar-refractivity contribution in [1.29, 1.82) is 0 Å². The molecule has 0 aromatic carbocycles. The Kier molecular flexibility index (Phi) is 35.1. The minimum atomic E-state index is -3.28. The van der Waals surface area contributed by atoms with E-state index in [1.807, 2.05) is 0 Å². The Bertz CT molecular complexity index is 1260. The van der Waals surface area contributed by atoms with Crippen molar-refractivity contribution in [1.82, 2.24) is 0 Å². The van der Waals surface area contributed by atoms with E-state index in [2.05, 4.69) is 166 Å². The van der Waals surface area contributed by atoms with E-state index in [4.69, 9.17) is 49.4 Å². The maximum absolute atomic E-state index is 8.74. The Labute approximate surface area is 467 Å². The van der Waals surface area contributed by atoms with Crippen molar-refractivity contribution >= 4 is 111 Å². The van der Waals surface area contributed by atoms with E-state index in [0.717, 1.165) is 72.5 Å². The van der Waals surface area contributed by atoms with Gasteiger partial charge >= 0.3 is 51.4 Å². The first-order valence-corrected chi connectivity index (χ1v) is 49.2. The second-order valence-corrected chi connectivity index (χ2v) is 59.0. The molecule has 0 spiro atoms. The van der Waals surface area contributed by atoms with Crippen LogP contribution in [-0.2, 0) is 49.4 Å². The molecule has 12 nitrogen and oxygen atoms in total. The lowest BCUT2D eigenvalue weighted by molar-refractivity contribution is 0.214. The van der Waals surface area contributed by atoms with Crippen molar-refractivity contribution in [2.45, 2.75) is 239 Å². The van der Waals surface area contributed by atoms with Crippen molar-refractivity contribution in [3.8, 4) is 0 Å². The van der Waals surface area contributed by atoms with Gasteiger partial charge < -0.3 is 49.4 Å². The van der Waals surface area contributed by atoms with Crippen LogP contribution in [0.4, 0.5) is 0 Å². The smallest absolute Gasteiger partial charge is 0.321 e. The zero-order chi connectivity index (χ0) is 55.1. The fourth-order valence-electron chi connectivity index (χ4n) is 11.6. The molecule has 0 aliphatic carbocycles. The molecule has 0 saturated carbocycles. The van der Waals surface area contributed by atoms with Gasteiger partial charge in [-0.15, -0.1) is 0 Å². The van der Waals surface area contributed by atoms with E-state index in [-0.39, 0.29) is 0 Å². The monoisotopic (exact) mass is 1220 g/mol. The number of hydrogen-bond donors (Lipinski definition) is 0. The first-order chi connectivity index (χ1) is 33.2. The molecule has 0 N–H and O–H groups in total. The quantitative estimate of drug-likeness (QED) is 0.0858. The summed E-state index contributed by atoms with van der Waals surface area (Å²) in [4.78, 5) is 0. The van der Waals surface area contributed by atoms with Crippen LogP contribution in [0.2, 0.25) is 72.5 Å². The molecule has 0 atom stereocenters. The Morgan fingerprint density at radius 1 is 0.194 bits per heavy atom. The summed E-state index contributed by atoms with van der Waals surface area (Å²) < 4.78 is 88.7. The van der Waals surface area contributed by atoms with Crippen LogP contribution in [0, 0.1) is 71.0 Å². The standard InChI is InChI=1S/C48H120O12Si12/c1-37(2)25-67(26-38(3)4)54-65-52-63-50-61-49-62-51-64-53-66-55-68(27-39(5)6,28-40(7)8)57-70(31-43(13)14,32-44(15)16)59-72(35-47(21)22,36-48(23)24)60-71(33-45(17)18,34-46(19)20)58-69(56-67,29-41(9)10)30-42(11)12/h37-48H,25-36,61-66H2,1-24H3. The molecule has 1 heterocycles. The summed E-state index contributed by atoms with van der Waals surface area (Å²) in [5, 5.41) is 0. The molecular weight excluding hydrogens is 1110 g/mol. The maximum atomic E-state index is 8.74. The molecule has 1 aliphatic heterocycles. The Hall–Kier alpha value is 2.12. The lowest BCUT2D eigenvalue weighted by atomic mass is 10.3. The molecule has 432 valence electrons. The van der Waals surface area contributed by atoms with Gasteiger partial charge in [0.1, 0.15) is 0 Å². The van der Waals surface area contributed by atoms with Crippen molar-refractivity contribution in [3.63, 3.8) is 0 Å². The van der Waals surface area contributed by atoms with E-state index in [9.17, 15) is 0 Å². The summed E-state index contributed by atoms with van der Waals surface area (Å²) in [7, 11) is -26.6. The molecule has 0 bridgehead atoms. The van der Waals surface area contributed by atoms with Gasteiger partial charge in [0.2, 0.25) is 0 Å². The van der Waals surface area contributed by atoms with Crippen LogP contribution in [0.1, 0.15) is 166 Å². The average molecular weight is 1230 g/mol. The summed E-state index contributed by atoms with van der Waals surface area (Å²) >= 11 is 0. The molecule has 0 unspecified atom stereocenters. The van der Waals surface area contributed by atoms with Crippen LogP contribution < -0.4 is 0 Å². The lowest BCUT2D eigenvalue weighted by Crippen LogP contribution is -2.68. The first kappa shape index (κ1) is 72.1. The molecule has 72 heavy (non-hydrogen) atoms. The summed E-state index contributed by atoms with van der Waals surface area (Å²) in [6.45, 7) is 56.7. The average Bonchev–Trinajstić information content (AvgIpc) is 3.12. The number of rotatable bonds is 24. The fraction of sp³-hybridized carbons (Fsp3) is 1.00. The summed E-state index contributed by atoms with van der Waals surface area (Å²) in [5.41, 5.74) is 0. The minimum absolute atomic E-state index is 0.343. The van der Waals surface area contributed by atoms with E-state index < -0.39 is 111 Å². The topological polar surface area (TPSA) is 111 Å². The summed E-state index contributed by atoms with van der Waals surface area (Å²) in [6, 6.07) is 10.7. The molecule has 0 aromatic rings. The third-order valence-corrected chi connectivity index (χ3v) is 55.9. The Morgan fingerprint density at radius 2 is 0.319 bits per heavy atom. The van der Waals surface area contributed by atoms with Crippen LogP contribution >= 0.6 is 0 Å². The Balaban J connectivity index is 4.84. The van der Waals surface area contributed by atoms with Gasteiger partial charge in [-0.05, 0) is 144 Å². The first-order valence-electron chi connectivity index (χ1n) is 28.9. The normalized spacial score (nSPS) is 23.5. The van der Waals surface area contributed by atoms with Crippen LogP contribution in [0.25, 0.3) is 0 Å². The molecule has 0 amide bonds. The van der Waals surface area contributed by atoms with Crippen molar-refractivity contribution < 1.29 is 49.4 Å². The summed E-state index contributed by atoms with van der Waals surface area (Å²) in [5.74, 6) is 4.34. The third-order valence-electron chi connectivity index (χ3n) is 12.0. The lowest BCUT2D eigenvalue weighted by Gasteiger charge is -2.53. The largest absolute Gasteiger partial charge is 0.425 e. The molecule has 1 saturated heterocycles. The van der Waals surface area contributed by atoms with Gasteiger partial charge in [-0.2, -0.15) is 0 Å². The van der Waals surface area contributed by atoms with Crippen LogP contribution in [0.5, 0.6) is 0 Å². The Morgan fingerprint density at radius 3 is 0.472 bits per heavy atom. The van der Waals surface area contributed by atoms with Crippen LogP contribution in [0.15, 0.2) is 0 Å². The van der Waals surface area contributed by atoms with Crippen LogP contribution in [-0.4, -0.2) is 111 Å².